The van der Waals surface area contributed by atoms with E-state index in [1.54, 1.807) is 0 Å². The lowest BCUT2D eigenvalue weighted by Gasteiger charge is -2.19. The lowest BCUT2D eigenvalue weighted by molar-refractivity contribution is 0.829. The summed E-state index contributed by atoms with van der Waals surface area (Å²) in [7, 11) is 0. The molecule has 2 heterocycles. The van der Waals surface area contributed by atoms with Crippen LogP contribution in [0.2, 0.25) is 0 Å². The molecule has 2 aromatic rings. The zero-order valence-corrected chi connectivity index (χ0v) is 10.9. The van der Waals surface area contributed by atoms with E-state index in [2.05, 4.69) is 41.1 Å². The molecule has 1 saturated heterocycles. The van der Waals surface area contributed by atoms with Crippen LogP contribution in [0.4, 0.5) is 5.82 Å². The smallest absolute Gasteiger partial charge is 0.140 e. The number of anilines is 1. The molecule has 3 rings (SSSR count). The Hall–Kier alpha value is -1.64. The molecule has 3 nitrogen and oxygen atoms in total. The fourth-order valence-electron chi connectivity index (χ4n) is 2.61. The van der Waals surface area contributed by atoms with Gasteiger partial charge in [-0.05, 0) is 31.4 Å². The summed E-state index contributed by atoms with van der Waals surface area (Å²) in [6, 6.07) is 8.36. The Balaban J connectivity index is 2.13. The summed E-state index contributed by atoms with van der Waals surface area (Å²) in [4.78, 5) is 11.9. The first-order valence-corrected chi connectivity index (χ1v) is 6.89. The SMILES string of the molecule is CCCc1nc(N2CCCC2)c2ccccc2n1. The number of aryl methyl sites for hydroxylation is 1. The van der Waals surface area contributed by atoms with E-state index in [0.29, 0.717) is 0 Å². The van der Waals surface area contributed by atoms with Gasteiger partial charge in [-0.1, -0.05) is 19.1 Å². The summed E-state index contributed by atoms with van der Waals surface area (Å²) < 4.78 is 0. The second kappa shape index (κ2) is 4.92. The van der Waals surface area contributed by atoms with Crippen LogP contribution in [0.5, 0.6) is 0 Å². The van der Waals surface area contributed by atoms with Crippen LogP contribution in [-0.4, -0.2) is 23.1 Å². The van der Waals surface area contributed by atoms with Crippen molar-refractivity contribution in [2.24, 2.45) is 0 Å². The van der Waals surface area contributed by atoms with E-state index < -0.39 is 0 Å². The maximum Gasteiger partial charge on any atom is 0.140 e. The van der Waals surface area contributed by atoms with Crippen molar-refractivity contribution in [1.29, 1.82) is 0 Å². The molecule has 0 unspecified atom stereocenters. The van der Waals surface area contributed by atoms with Crippen molar-refractivity contribution >= 4 is 16.7 Å². The van der Waals surface area contributed by atoms with Crippen molar-refractivity contribution < 1.29 is 0 Å². The highest BCUT2D eigenvalue weighted by atomic mass is 15.2. The summed E-state index contributed by atoms with van der Waals surface area (Å²) in [5.41, 5.74) is 1.08. The van der Waals surface area contributed by atoms with Gasteiger partial charge in [0, 0.05) is 24.9 Å². The summed E-state index contributed by atoms with van der Waals surface area (Å²) >= 11 is 0. The van der Waals surface area contributed by atoms with Crippen molar-refractivity contribution in [3.8, 4) is 0 Å². The summed E-state index contributed by atoms with van der Waals surface area (Å²) in [6.45, 7) is 4.44. The third kappa shape index (κ3) is 2.05. The number of rotatable bonds is 3. The fourth-order valence-corrected chi connectivity index (χ4v) is 2.61. The summed E-state index contributed by atoms with van der Waals surface area (Å²) in [5.74, 6) is 2.12. The highest BCUT2D eigenvalue weighted by molar-refractivity contribution is 5.89. The van der Waals surface area contributed by atoms with Gasteiger partial charge in [-0.3, -0.25) is 0 Å². The fraction of sp³-hybridized carbons (Fsp3) is 0.467. The molecule has 94 valence electrons. The number of benzene rings is 1. The van der Waals surface area contributed by atoms with Crippen molar-refractivity contribution in [3.63, 3.8) is 0 Å². The van der Waals surface area contributed by atoms with Crippen LogP contribution < -0.4 is 4.90 Å². The van der Waals surface area contributed by atoms with Gasteiger partial charge in [-0.15, -0.1) is 0 Å². The molecule has 18 heavy (non-hydrogen) atoms. The van der Waals surface area contributed by atoms with Crippen LogP contribution in [0.3, 0.4) is 0 Å². The summed E-state index contributed by atoms with van der Waals surface area (Å²) in [6.07, 6.45) is 4.62. The molecule has 0 radical (unpaired) electrons. The number of hydrogen-bond acceptors (Lipinski definition) is 3. The molecule has 1 aliphatic rings. The molecular formula is C15H19N3. The van der Waals surface area contributed by atoms with Gasteiger partial charge in [-0.2, -0.15) is 0 Å². The molecule has 1 aliphatic heterocycles. The van der Waals surface area contributed by atoms with E-state index >= 15 is 0 Å². The number of aromatic nitrogens is 2. The minimum Gasteiger partial charge on any atom is -0.356 e. The lowest BCUT2D eigenvalue weighted by Crippen LogP contribution is -2.20. The van der Waals surface area contributed by atoms with E-state index in [1.165, 1.54) is 18.2 Å². The van der Waals surface area contributed by atoms with Gasteiger partial charge in [0.2, 0.25) is 0 Å². The zero-order valence-electron chi connectivity index (χ0n) is 10.9. The highest BCUT2D eigenvalue weighted by Crippen LogP contribution is 2.26. The maximum absolute atomic E-state index is 4.79. The molecule has 0 N–H and O–H groups in total. The van der Waals surface area contributed by atoms with Crippen LogP contribution in [0.25, 0.3) is 10.9 Å². The average Bonchev–Trinajstić information content (AvgIpc) is 2.92. The van der Waals surface area contributed by atoms with Crippen molar-refractivity contribution in [3.05, 3.63) is 30.1 Å². The predicted octanol–water partition coefficient (Wildman–Crippen LogP) is 3.18. The van der Waals surface area contributed by atoms with Crippen LogP contribution >= 0.6 is 0 Å². The van der Waals surface area contributed by atoms with Gasteiger partial charge < -0.3 is 4.90 Å². The molecule has 0 bridgehead atoms. The van der Waals surface area contributed by atoms with E-state index in [-0.39, 0.29) is 0 Å². The Morgan fingerprint density at radius 3 is 2.67 bits per heavy atom. The van der Waals surface area contributed by atoms with Crippen LogP contribution in [0.15, 0.2) is 24.3 Å². The maximum atomic E-state index is 4.79. The Morgan fingerprint density at radius 2 is 1.89 bits per heavy atom. The van der Waals surface area contributed by atoms with E-state index in [4.69, 9.17) is 4.98 Å². The topological polar surface area (TPSA) is 29.0 Å². The molecule has 0 aliphatic carbocycles. The normalized spacial score (nSPS) is 15.5. The minimum absolute atomic E-state index is 0.964. The highest BCUT2D eigenvalue weighted by Gasteiger charge is 2.17. The standard InChI is InChI=1S/C15H19N3/c1-2-7-14-16-13-9-4-3-8-12(13)15(17-14)18-10-5-6-11-18/h3-4,8-9H,2,5-7,10-11H2,1H3. The van der Waals surface area contributed by atoms with Gasteiger partial charge in [0.1, 0.15) is 11.6 Å². The molecule has 0 saturated carbocycles. The van der Waals surface area contributed by atoms with Crippen LogP contribution in [-0.2, 0) is 6.42 Å². The zero-order chi connectivity index (χ0) is 12.4. The molecule has 1 aromatic heterocycles. The lowest BCUT2D eigenvalue weighted by atomic mass is 10.2. The largest absolute Gasteiger partial charge is 0.356 e. The molecule has 0 atom stereocenters. The first-order chi connectivity index (χ1) is 8.88. The van der Waals surface area contributed by atoms with Gasteiger partial charge in [0.05, 0.1) is 5.52 Å². The second-order valence-corrected chi connectivity index (χ2v) is 4.92. The van der Waals surface area contributed by atoms with Crippen molar-refractivity contribution in [1.82, 2.24) is 9.97 Å². The Bertz CT molecular complexity index is 544. The molecule has 3 heteroatoms. The van der Waals surface area contributed by atoms with Crippen LogP contribution in [0, 0.1) is 0 Å². The Morgan fingerprint density at radius 1 is 1.11 bits per heavy atom. The Kier molecular flexibility index (Phi) is 3.13. The van der Waals surface area contributed by atoms with Gasteiger partial charge in [0.25, 0.3) is 0 Å². The van der Waals surface area contributed by atoms with Crippen molar-refractivity contribution in [2.45, 2.75) is 32.6 Å². The predicted molar refractivity (Wildman–Crippen MR) is 75.0 cm³/mol. The number of nitrogens with zero attached hydrogens (tertiary/aromatic N) is 3. The monoisotopic (exact) mass is 241 g/mol. The molecule has 0 amide bonds. The van der Waals surface area contributed by atoms with Gasteiger partial charge >= 0.3 is 0 Å². The first kappa shape index (κ1) is 11.5. The molecule has 1 aromatic carbocycles. The quantitative estimate of drug-likeness (QED) is 0.826. The average molecular weight is 241 g/mol. The third-order valence-corrected chi connectivity index (χ3v) is 3.51. The van der Waals surface area contributed by atoms with E-state index in [1.807, 2.05) is 0 Å². The third-order valence-electron chi connectivity index (χ3n) is 3.51. The number of para-hydroxylation sites is 1. The van der Waals surface area contributed by atoms with Gasteiger partial charge in [-0.25, -0.2) is 9.97 Å². The second-order valence-electron chi connectivity index (χ2n) is 4.92. The molecular weight excluding hydrogens is 222 g/mol. The van der Waals surface area contributed by atoms with E-state index in [9.17, 15) is 0 Å². The molecule has 1 fully saturated rings. The van der Waals surface area contributed by atoms with Crippen LogP contribution in [0.1, 0.15) is 32.0 Å². The van der Waals surface area contributed by atoms with Crippen molar-refractivity contribution in [2.75, 3.05) is 18.0 Å². The van der Waals surface area contributed by atoms with E-state index in [0.717, 1.165) is 43.1 Å². The molecule has 0 spiro atoms. The summed E-state index contributed by atoms with van der Waals surface area (Å²) in [5, 5.41) is 1.19. The number of hydrogen-bond donors (Lipinski definition) is 0. The van der Waals surface area contributed by atoms with Gasteiger partial charge in [0.15, 0.2) is 0 Å². The minimum atomic E-state index is 0.964. The first-order valence-electron chi connectivity index (χ1n) is 6.89. The number of fused-ring (bicyclic) bond motifs is 1. The Labute approximate surface area is 108 Å².